The lowest BCUT2D eigenvalue weighted by atomic mass is 10.0. The Hall–Kier alpha value is -0.0800. The second-order valence-electron chi connectivity index (χ2n) is 4.23. The minimum absolute atomic E-state index is 0.318. The van der Waals surface area contributed by atoms with Crippen molar-refractivity contribution in [2.45, 2.75) is 71.0 Å². The lowest BCUT2D eigenvalue weighted by molar-refractivity contribution is -0.215. The molecule has 0 heterocycles. The molecule has 0 saturated carbocycles. The van der Waals surface area contributed by atoms with Crippen LogP contribution in [0.3, 0.4) is 0 Å². The predicted octanol–water partition coefficient (Wildman–Crippen LogP) is 4.14. The molecule has 15 heavy (non-hydrogen) atoms. The van der Waals surface area contributed by atoms with Crippen LogP contribution < -0.4 is 0 Å². The van der Waals surface area contributed by atoms with Crippen LogP contribution in [0.5, 0.6) is 0 Å². The first-order chi connectivity index (χ1) is 7.24. The van der Waals surface area contributed by atoms with Crippen molar-refractivity contribution in [1.29, 1.82) is 0 Å². The molecule has 92 valence electrons. The molecule has 0 rings (SSSR count). The van der Waals surface area contributed by atoms with Gasteiger partial charge >= 0.3 is 0 Å². The summed E-state index contributed by atoms with van der Waals surface area (Å²) < 4.78 is 11.0. The fraction of sp³-hybridized carbons (Fsp3) is 1.00. The maximum Gasteiger partial charge on any atom is 0.167 e. The molecule has 0 N–H and O–H groups in total. The average Bonchev–Trinajstić information content (AvgIpc) is 2.27. The number of ether oxygens (including phenoxy) is 2. The third kappa shape index (κ3) is 6.16. The molecule has 0 aliphatic carbocycles. The van der Waals surface area contributed by atoms with Gasteiger partial charge in [0.05, 0.1) is 0 Å². The van der Waals surface area contributed by atoms with E-state index in [1.54, 1.807) is 14.2 Å². The van der Waals surface area contributed by atoms with Crippen molar-refractivity contribution < 1.29 is 9.47 Å². The zero-order chi connectivity index (χ0) is 11.6. The summed E-state index contributed by atoms with van der Waals surface area (Å²) in [5, 5.41) is 0. The molecule has 0 radical (unpaired) electrons. The second-order valence-corrected chi connectivity index (χ2v) is 4.23. The normalized spacial score (nSPS) is 12.0. The van der Waals surface area contributed by atoms with Gasteiger partial charge < -0.3 is 9.47 Å². The predicted molar refractivity (Wildman–Crippen MR) is 65.0 cm³/mol. The number of unbranched alkanes of at least 4 members (excludes halogenated alkanes) is 4. The standard InChI is InChI=1S/C13H28O2/c1-5-7-8-9-10-12-13(14-3,15-4)11-6-2/h5-12H2,1-4H3. The summed E-state index contributed by atoms with van der Waals surface area (Å²) in [4.78, 5) is 0. The lowest BCUT2D eigenvalue weighted by Gasteiger charge is -2.30. The highest BCUT2D eigenvalue weighted by atomic mass is 16.7. The number of hydrogen-bond donors (Lipinski definition) is 0. The lowest BCUT2D eigenvalue weighted by Crippen LogP contribution is -2.33. The highest BCUT2D eigenvalue weighted by Crippen LogP contribution is 2.25. The molecule has 2 heteroatoms. The van der Waals surface area contributed by atoms with Gasteiger partial charge in [0, 0.05) is 27.1 Å². The highest BCUT2D eigenvalue weighted by molar-refractivity contribution is 4.68. The monoisotopic (exact) mass is 216 g/mol. The molecular weight excluding hydrogens is 188 g/mol. The fourth-order valence-corrected chi connectivity index (χ4v) is 2.00. The Bertz CT molecular complexity index is 130. The van der Waals surface area contributed by atoms with E-state index >= 15 is 0 Å². The number of rotatable bonds is 10. The summed E-state index contributed by atoms with van der Waals surface area (Å²) in [5.41, 5.74) is 0. The molecule has 0 atom stereocenters. The van der Waals surface area contributed by atoms with Crippen molar-refractivity contribution in [2.75, 3.05) is 14.2 Å². The van der Waals surface area contributed by atoms with E-state index in [1.807, 2.05) is 0 Å². The van der Waals surface area contributed by atoms with Crippen LogP contribution in [0.25, 0.3) is 0 Å². The van der Waals surface area contributed by atoms with Crippen LogP contribution >= 0.6 is 0 Å². The van der Waals surface area contributed by atoms with E-state index in [2.05, 4.69) is 13.8 Å². The third-order valence-corrected chi connectivity index (χ3v) is 3.04. The number of hydrogen-bond acceptors (Lipinski definition) is 2. The minimum Gasteiger partial charge on any atom is -0.353 e. The molecule has 0 unspecified atom stereocenters. The third-order valence-electron chi connectivity index (χ3n) is 3.04. The van der Waals surface area contributed by atoms with Crippen LogP contribution in [-0.2, 0) is 9.47 Å². The molecule has 0 bridgehead atoms. The largest absolute Gasteiger partial charge is 0.353 e. The molecule has 0 aliphatic heterocycles. The van der Waals surface area contributed by atoms with Crippen molar-refractivity contribution in [1.82, 2.24) is 0 Å². The van der Waals surface area contributed by atoms with Crippen molar-refractivity contribution in [3.63, 3.8) is 0 Å². The van der Waals surface area contributed by atoms with Gasteiger partial charge in [-0.3, -0.25) is 0 Å². The van der Waals surface area contributed by atoms with E-state index in [9.17, 15) is 0 Å². The van der Waals surface area contributed by atoms with Gasteiger partial charge in [0.25, 0.3) is 0 Å². The summed E-state index contributed by atoms with van der Waals surface area (Å²) in [7, 11) is 3.51. The van der Waals surface area contributed by atoms with E-state index in [0.717, 1.165) is 19.3 Å². The first kappa shape index (κ1) is 14.9. The number of methoxy groups -OCH3 is 2. The summed E-state index contributed by atoms with van der Waals surface area (Å²) in [5.74, 6) is -0.318. The summed E-state index contributed by atoms with van der Waals surface area (Å²) in [6.45, 7) is 4.41. The zero-order valence-corrected chi connectivity index (χ0v) is 11.0. The second kappa shape index (κ2) is 9.17. The van der Waals surface area contributed by atoms with Crippen LogP contribution in [0.4, 0.5) is 0 Å². The van der Waals surface area contributed by atoms with Crippen molar-refractivity contribution in [3.8, 4) is 0 Å². The van der Waals surface area contributed by atoms with Gasteiger partial charge in [0.15, 0.2) is 5.79 Å². The van der Waals surface area contributed by atoms with E-state index in [0.29, 0.717) is 0 Å². The van der Waals surface area contributed by atoms with Gasteiger partial charge in [0.1, 0.15) is 0 Å². The van der Waals surface area contributed by atoms with Crippen LogP contribution in [0, 0.1) is 0 Å². The molecule has 0 aliphatic rings. The molecule has 2 nitrogen and oxygen atoms in total. The van der Waals surface area contributed by atoms with Gasteiger partial charge in [-0.1, -0.05) is 46.0 Å². The van der Waals surface area contributed by atoms with E-state index in [4.69, 9.17) is 9.47 Å². The topological polar surface area (TPSA) is 18.5 Å². The molecule has 0 aromatic heterocycles. The molecule has 0 aromatic rings. The Labute approximate surface area is 95.3 Å². The van der Waals surface area contributed by atoms with Crippen molar-refractivity contribution in [2.24, 2.45) is 0 Å². The summed E-state index contributed by atoms with van der Waals surface area (Å²) >= 11 is 0. The SMILES string of the molecule is CCCCCCCC(CCC)(OC)OC. The first-order valence-corrected chi connectivity index (χ1v) is 6.35. The zero-order valence-electron chi connectivity index (χ0n) is 11.0. The minimum atomic E-state index is -0.318. The Balaban J connectivity index is 3.74. The Morgan fingerprint density at radius 3 is 1.80 bits per heavy atom. The maximum absolute atomic E-state index is 5.51. The molecule has 0 amide bonds. The van der Waals surface area contributed by atoms with Crippen LogP contribution in [0.1, 0.15) is 65.2 Å². The van der Waals surface area contributed by atoms with Crippen molar-refractivity contribution in [3.05, 3.63) is 0 Å². The average molecular weight is 216 g/mol. The fourth-order valence-electron chi connectivity index (χ4n) is 2.00. The Morgan fingerprint density at radius 1 is 0.733 bits per heavy atom. The van der Waals surface area contributed by atoms with Gasteiger partial charge in [-0.05, 0) is 6.42 Å². The van der Waals surface area contributed by atoms with Gasteiger partial charge in [-0.15, -0.1) is 0 Å². The first-order valence-electron chi connectivity index (χ1n) is 6.35. The van der Waals surface area contributed by atoms with E-state index < -0.39 is 0 Å². The Morgan fingerprint density at radius 2 is 1.33 bits per heavy atom. The highest BCUT2D eigenvalue weighted by Gasteiger charge is 2.27. The Kier molecular flexibility index (Phi) is 9.12. The summed E-state index contributed by atoms with van der Waals surface area (Å²) in [6, 6.07) is 0. The smallest absolute Gasteiger partial charge is 0.167 e. The van der Waals surface area contributed by atoms with Crippen molar-refractivity contribution >= 4 is 0 Å². The quantitative estimate of drug-likeness (QED) is 0.404. The van der Waals surface area contributed by atoms with Crippen LogP contribution in [0.15, 0.2) is 0 Å². The molecule has 0 spiro atoms. The van der Waals surface area contributed by atoms with Gasteiger partial charge in [-0.25, -0.2) is 0 Å². The van der Waals surface area contributed by atoms with Crippen LogP contribution in [0.2, 0.25) is 0 Å². The molecule has 0 aromatic carbocycles. The van der Waals surface area contributed by atoms with Crippen LogP contribution in [-0.4, -0.2) is 20.0 Å². The molecule has 0 fully saturated rings. The molecule has 0 saturated heterocycles. The molecular formula is C13H28O2. The van der Waals surface area contributed by atoms with Gasteiger partial charge in [-0.2, -0.15) is 0 Å². The van der Waals surface area contributed by atoms with E-state index in [-0.39, 0.29) is 5.79 Å². The van der Waals surface area contributed by atoms with Gasteiger partial charge in [0.2, 0.25) is 0 Å². The van der Waals surface area contributed by atoms with E-state index in [1.165, 1.54) is 32.1 Å². The maximum atomic E-state index is 5.51. The summed E-state index contributed by atoms with van der Waals surface area (Å²) in [6.07, 6.45) is 9.62.